The Balaban J connectivity index is 2.39. The number of aromatic nitrogens is 1. The number of nitrogens with zero attached hydrogens (tertiary/aromatic N) is 1. The van der Waals surface area contributed by atoms with Crippen molar-refractivity contribution in [1.82, 2.24) is 4.57 Å². The molecule has 1 aromatic heterocycles. The van der Waals surface area contributed by atoms with Gasteiger partial charge in [0.1, 0.15) is 0 Å². The lowest BCUT2D eigenvalue weighted by molar-refractivity contribution is 0.601. The van der Waals surface area contributed by atoms with E-state index < -0.39 is 10.0 Å². The Morgan fingerprint density at radius 1 is 1.24 bits per heavy atom. The van der Waals surface area contributed by atoms with Crippen molar-refractivity contribution in [2.45, 2.75) is 25.3 Å². The lowest BCUT2D eigenvalue weighted by Gasteiger charge is -2.11. The molecule has 0 atom stereocenters. The van der Waals surface area contributed by atoms with E-state index in [-0.39, 0.29) is 10.5 Å². The van der Waals surface area contributed by atoms with Gasteiger partial charge in [-0.25, -0.2) is 8.42 Å². The van der Waals surface area contributed by atoms with E-state index in [0.717, 1.165) is 5.56 Å². The molecule has 1 aromatic carbocycles. The molecular formula is C14H17N3O3S. The Bertz CT molecular complexity index is 805. The minimum Gasteiger partial charge on any atom is -0.399 e. The van der Waals surface area contributed by atoms with E-state index in [1.165, 1.54) is 35.0 Å². The number of anilines is 2. The van der Waals surface area contributed by atoms with Crippen LogP contribution in [0.25, 0.3) is 0 Å². The molecule has 1 heterocycles. The van der Waals surface area contributed by atoms with E-state index in [2.05, 4.69) is 4.72 Å². The standard InChI is InChI=1S/C14H17N3O3S/c1-3-17-9-12(4-5-14(17)18)16-21(19,20)13-7-10(2)6-11(15)8-13/h4-9,16H,3,15H2,1-2H3. The number of aryl methyl sites for hydroxylation is 2. The molecule has 0 saturated carbocycles. The van der Waals surface area contributed by atoms with E-state index >= 15 is 0 Å². The Morgan fingerprint density at radius 2 is 1.95 bits per heavy atom. The molecule has 21 heavy (non-hydrogen) atoms. The van der Waals surface area contributed by atoms with Gasteiger partial charge in [-0.15, -0.1) is 0 Å². The number of sulfonamides is 1. The highest BCUT2D eigenvalue weighted by atomic mass is 32.2. The molecule has 0 saturated heterocycles. The van der Waals surface area contributed by atoms with Gasteiger partial charge < -0.3 is 10.3 Å². The monoisotopic (exact) mass is 307 g/mol. The molecule has 112 valence electrons. The molecule has 0 fully saturated rings. The van der Waals surface area contributed by atoms with Gasteiger partial charge in [0, 0.05) is 24.5 Å². The van der Waals surface area contributed by atoms with Crippen molar-refractivity contribution in [3.8, 4) is 0 Å². The molecule has 0 bridgehead atoms. The third-order valence-corrected chi connectivity index (χ3v) is 4.32. The smallest absolute Gasteiger partial charge is 0.262 e. The van der Waals surface area contributed by atoms with E-state index in [9.17, 15) is 13.2 Å². The third kappa shape index (κ3) is 3.43. The van der Waals surface area contributed by atoms with Crippen LogP contribution in [0.5, 0.6) is 0 Å². The van der Waals surface area contributed by atoms with Gasteiger partial charge in [0.15, 0.2) is 0 Å². The van der Waals surface area contributed by atoms with Gasteiger partial charge in [-0.3, -0.25) is 9.52 Å². The fraction of sp³-hybridized carbons (Fsp3) is 0.214. The largest absolute Gasteiger partial charge is 0.399 e. The molecule has 0 aliphatic rings. The van der Waals surface area contributed by atoms with Gasteiger partial charge in [-0.1, -0.05) is 0 Å². The van der Waals surface area contributed by atoms with Gasteiger partial charge in [0.25, 0.3) is 15.6 Å². The maximum absolute atomic E-state index is 12.3. The summed E-state index contributed by atoms with van der Waals surface area (Å²) in [5, 5.41) is 0. The number of benzene rings is 1. The normalized spacial score (nSPS) is 11.3. The van der Waals surface area contributed by atoms with Crippen LogP contribution in [0.3, 0.4) is 0 Å². The molecule has 0 aliphatic heterocycles. The minimum atomic E-state index is -3.74. The molecule has 0 amide bonds. The maximum atomic E-state index is 12.3. The second-order valence-electron chi connectivity index (χ2n) is 4.73. The zero-order valence-electron chi connectivity index (χ0n) is 11.8. The summed E-state index contributed by atoms with van der Waals surface area (Å²) in [7, 11) is -3.74. The van der Waals surface area contributed by atoms with Crippen LogP contribution in [0.4, 0.5) is 11.4 Å². The zero-order valence-corrected chi connectivity index (χ0v) is 12.6. The lowest BCUT2D eigenvalue weighted by atomic mass is 10.2. The van der Waals surface area contributed by atoms with Crippen molar-refractivity contribution < 1.29 is 8.42 Å². The number of rotatable bonds is 4. The number of hydrogen-bond acceptors (Lipinski definition) is 4. The van der Waals surface area contributed by atoms with E-state index in [4.69, 9.17) is 5.73 Å². The summed E-state index contributed by atoms with van der Waals surface area (Å²) in [5.41, 5.74) is 6.97. The Kier molecular flexibility index (Phi) is 4.04. The first-order valence-electron chi connectivity index (χ1n) is 6.42. The van der Waals surface area contributed by atoms with Crippen LogP contribution in [-0.4, -0.2) is 13.0 Å². The third-order valence-electron chi connectivity index (χ3n) is 2.96. The quantitative estimate of drug-likeness (QED) is 0.838. The summed E-state index contributed by atoms with van der Waals surface area (Å²) in [6, 6.07) is 7.38. The number of nitrogen functional groups attached to an aromatic ring is 1. The van der Waals surface area contributed by atoms with Crippen LogP contribution >= 0.6 is 0 Å². The van der Waals surface area contributed by atoms with Gasteiger partial charge in [-0.2, -0.15) is 0 Å². The lowest BCUT2D eigenvalue weighted by Crippen LogP contribution is -2.20. The number of nitrogens with two attached hydrogens (primary N) is 1. The fourth-order valence-corrected chi connectivity index (χ4v) is 3.17. The second-order valence-corrected chi connectivity index (χ2v) is 6.41. The van der Waals surface area contributed by atoms with Crippen LogP contribution in [0, 0.1) is 6.92 Å². The van der Waals surface area contributed by atoms with Gasteiger partial charge in [-0.05, 0) is 43.7 Å². The maximum Gasteiger partial charge on any atom is 0.262 e. The molecule has 2 rings (SSSR count). The highest BCUT2D eigenvalue weighted by molar-refractivity contribution is 7.92. The first-order valence-corrected chi connectivity index (χ1v) is 7.90. The molecule has 3 N–H and O–H groups in total. The average molecular weight is 307 g/mol. The molecule has 0 spiro atoms. The highest BCUT2D eigenvalue weighted by Crippen LogP contribution is 2.19. The minimum absolute atomic E-state index is 0.0919. The number of pyridine rings is 1. The molecule has 7 heteroatoms. The van der Waals surface area contributed by atoms with Crippen molar-refractivity contribution >= 4 is 21.4 Å². The van der Waals surface area contributed by atoms with Crippen LogP contribution < -0.4 is 16.0 Å². The number of hydrogen-bond donors (Lipinski definition) is 2. The van der Waals surface area contributed by atoms with Crippen molar-refractivity contribution in [2.24, 2.45) is 0 Å². The summed E-state index contributed by atoms with van der Waals surface area (Å²) in [6.45, 7) is 4.04. The first kappa shape index (κ1) is 15.1. The summed E-state index contributed by atoms with van der Waals surface area (Å²) in [5.74, 6) is 0. The highest BCUT2D eigenvalue weighted by Gasteiger charge is 2.15. The van der Waals surface area contributed by atoms with Gasteiger partial charge in [0.05, 0.1) is 10.6 Å². The summed E-state index contributed by atoms with van der Waals surface area (Å²) in [4.78, 5) is 11.6. The predicted octanol–water partition coefficient (Wildman–Crippen LogP) is 1.56. The fourth-order valence-electron chi connectivity index (χ4n) is 1.98. The average Bonchev–Trinajstić information content (AvgIpc) is 2.39. The van der Waals surface area contributed by atoms with Crippen LogP contribution in [0.15, 0.2) is 46.2 Å². The number of nitrogens with one attached hydrogen (secondary N) is 1. The van der Waals surface area contributed by atoms with E-state index in [1.807, 2.05) is 0 Å². The Morgan fingerprint density at radius 3 is 2.57 bits per heavy atom. The Hall–Kier alpha value is -2.28. The summed E-state index contributed by atoms with van der Waals surface area (Å²) in [6.07, 6.45) is 1.47. The van der Waals surface area contributed by atoms with Crippen molar-refractivity contribution in [2.75, 3.05) is 10.5 Å². The molecule has 6 nitrogen and oxygen atoms in total. The van der Waals surface area contributed by atoms with E-state index in [1.54, 1.807) is 19.9 Å². The van der Waals surface area contributed by atoms with Gasteiger partial charge in [0.2, 0.25) is 0 Å². The van der Waals surface area contributed by atoms with E-state index in [0.29, 0.717) is 17.9 Å². The molecule has 0 aliphatic carbocycles. The van der Waals surface area contributed by atoms with Gasteiger partial charge >= 0.3 is 0 Å². The summed E-state index contributed by atoms with van der Waals surface area (Å²) >= 11 is 0. The van der Waals surface area contributed by atoms with Crippen LogP contribution in [-0.2, 0) is 16.6 Å². The first-order chi connectivity index (χ1) is 9.81. The second kappa shape index (κ2) is 5.61. The predicted molar refractivity (Wildman–Crippen MR) is 82.8 cm³/mol. The molecule has 0 radical (unpaired) electrons. The molecular weight excluding hydrogens is 290 g/mol. The topological polar surface area (TPSA) is 94.2 Å². The summed E-state index contributed by atoms with van der Waals surface area (Å²) < 4.78 is 28.5. The van der Waals surface area contributed by atoms with Crippen LogP contribution in [0.1, 0.15) is 12.5 Å². The van der Waals surface area contributed by atoms with Crippen LogP contribution in [0.2, 0.25) is 0 Å². The van der Waals surface area contributed by atoms with Crippen molar-refractivity contribution in [1.29, 1.82) is 0 Å². The SMILES string of the molecule is CCn1cc(NS(=O)(=O)c2cc(C)cc(N)c2)ccc1=O. The molecule has 2 aromatic rings. The van der Waals surface area contributed by atoms with Crippen molar-refractivity contribution in [3.63, 3.8) is 0 Å². The molecule has 0 unspecified atom stereocenters. The zero-order chi connectivity index (χ0) is 15.6. The Labute approximate surface area is 123 Å². The van der Waals surface area contributed by atoms with Crippen molar-refractivity contribution in [3.05, 3.63) is 52.4 Å².